The van der Waals surface area contributed by atoms with Crippen LogP contribution in [0.2, 0.25) is 0 Å². The van der Waals surface area contributed by atoms with E-state index in [-0.39, 0.29) is 17.3 Å². The van der Waals surface area contributed by atoms with Crippen LogP contribution in [0.1, 0.15) is 11.3 Å². The monoisotopic (exact) mass is 281 g/mol. The minimum atomic E-state index is -1.21. The van der Waals surface area contributed by atoms with Crippen LogP contribution >= 0.6 is 0 Å². The van der Waals surface area contributed by atoms with Crippen LogP contribution in [0.5, 0.6) is 0 Å². The molecule has 0 aliphatic heterocycles. The average molecular weight is 281 g/mol. The number of nitro benzene ring substituents is 1. The number of nitro groups is 1. The van der Waals surface area contributed by atoms with E-state index >= 15 is 0 Å². The summed E-state index contributed by atoms with van der Waals surface area (Å²) in [5.41, 5.74) is 6.26. The summed E-state index contributed by atoms with van der Waals surface area (Å²) in [6.45, 7) is 1.63. The molecule has 2 aromatic rings. The highest BCUT2D eigenvalue weighted by Crippen LogP contribution is 2.32. The van der Waals surface area contributed by atoms with E-state index in [0.717, 1.165) is 12.1 Å². The first kappa shape index (κ1) is 13.9. The number of hydrogen-bond donors (Lipinski definition) is 3. The number of rotatable bonds is 4. The maximum atomic E-state index is 13.3. The zero-order valence-corrected chi connectivity index (χ0v) is 10.5. The number of aromatic nitrogens is 1. The molecule has 106 valence electrons. The fourth-order valence-electron chi connectivity index (χ4n) is 2.18. The third-order valence-electron chi connectivity index (χ3n) is 3.10. The highest BCUT2D eigenvalue weighted by molar-refractivity contribution is 5.93. The number of benzene rings is 1. The second kappa shape index (κ2) is 4.89. The first-order chi connectivity index (χ1) is 9.31. The molecule has 2 rings (SSSR count). The molecule has 1 aromatic heterocycles. The zero-order chi connectivity index (χ0) is 15.0. The molecule has 1 heterocycles. The highest BCUT2D eigenvalue weighted by Gasteiger charge is 2.24. The number of H-pyrrole nitrogens is 1. The van der Waals surface area contributed by atoms with Crippen LogP contribution in [-0.2, 0) is 11.2 Å². The molecule has 0 saturated heterocycles. The van der Waals surface area contributed by atoms with Crippen molar-refractivity contribution in [3.8, 4) is 0 Å². The Morgan fingerprint density at radius 3 is 2.80 bits per heavy atom. The molecule has 0 saturated carbocycles. The molecule has 8 heteroatoms. The van der Waals surface area contributed by atoms with Crippen molar-refractivity contribution in [2.24, 2.45) is 5.73 Å². The summed E-state index contributed by atoms with van der Waals surface area (Å²) in [5.74, 6) is -1.94. The van der Waals surface area contributed by atoms with Crippen molar-refractivity contribution in [2.45, 2.75) is 19.4 Å². The fraction of sp³-hybridized carbons (Fsp3) is 0.250. The highest BCUT2D eigenvalue weighted by atomic mass is 19.1. The van der Waals surface area contributed by atoms with Crippen molar-refractivity contribution in [2.75, 3.05) is 0 Å². The SMILES string of the molecule is Cc1[nH]c2cc(F)cc([N+](=O)[O-])c2c1CC(N)C(=O)O. The Hall–Kier alpha value is -2.48. The van der Waals surface area contributed by atoms with E-state index < -0.39 is 28.4 Å². The molecule has 0 radical (unpaired) electrons. The standard InChI is InChI=1S/C12H12FN3O4/c1-5-7(4-8(14)12(17)18)11-9(15-5)2-6(13)3-10(11)16(19)20/h2-3,8,15H,4,14H2,1H3,(H,17,18). The first-order valence-electron chi connectivity index (χ1n) is 5.74. The molecule has 0 aliphatic carbocycles. The molecule has 0 amide bonds. The van der Waals surface area contributed by atoms with Crippen LogP contribution in [0.25, 0.3) is 10.9 Å². The average Bonchev–Trinajstić information content (AvgIpc) is 2.64. The van der Waals surface area contributed by atoms with E-state index in [4.69, 9.17) is 10.8 Å². The minimum Gasteiger partial charge on any atom is -0.480 e. The Bertz CT molecular complexity index is 710. The molecule has 4 N–H and O–H groups in total. The second-order valence-corrected chi connectivity index (χ2v) is 4.48. The lowest BCUT2D eigenvalue weighted by molar-refractivity contribution is -0.383. The smallest absolute Gasteiger partial charge is 0.320 e. The van der Waals surface area contributed by atoms with Gasteiger partial charge in [-0.1, -0.05) is 0 Å². The topological polar surface area (TPSA) is 122 Å². The fourth-order valence-corrected chi connectivity index (χ4v) is 2.18. The minimum absolute atomic E-state index is 0.0758. The summed E-state index contributed by atoms with van der Waals surface area (Å²) < 4.78 is 13.3. The van der Waals surface area contributed by atoms with E-state index in [1.165, 1.54) is 0 Å². The van der Waals surface area contributed by atoms with Crippen molar-refractivity contribution < 1.29 is 19.2 Å². The van der Waals surface area contributed by atoms with E-state index in [1.807, 2.05) is 0 Å². The number of nitrogens with zero attached hydrogens (tertiary/aromatic N) is 1. The lowest BCUT2D eigenvalue weighted by atomic mass is 10.0. The number of carboxylic acid groups (broad SMARTS) is 1. The number of aromatic amines is 1. The van der Waals surface area contributed by atoms with Crippen molar-refractivity contribution in [1.82, 2.24) is 4.98 Å². The van der Waals surface area contributed by atoms with Crippen LogP contribution in [0, 0.1) is 22.9 Å². The lowest BCUT2D eigenvalue weighted by Gasteiger charge is -2.06. The molecule has 1 aromatic carbocycles. The van der Waals surface area contributed by atoms with Gasteiger partial charge in [0.05, 0.1) is 21.9 Å². The van der Waals surface area contributed by atoms with Crippen LogP contribution in [-0.4, -0.2) is 27.0 Å². The number of carbonyl (C=O) groups is 1. The summed E-state index contributed by atoms with van der Waals surface area (Å²) in [7, 11) is 0. The number of carboxylic acids is 1. The third-order valence-corrected chi connectivity index (χ3v) is 3.10. The van der Waals surface area contributed by atoms with Gasteiger partial charge in [0.1, 0.15) is 11.9 Å². The summed E-state index contributed by atoms with van der Waals surface area (Å²) in [4.78, 5) is 24.0. The Morgan fingerprint density at radius 1 is 1.60 bits per heavy atom. The van der Waals surface area contributed by atoms with Crippen LogP contribution in [0.3, 0.4) is 0 Å². The van der Waals surface area contributed by atoms with E-state index in [0.29, 0.717) is 11.3 Å². The van der Waals surface area contributed by atoms with Gasteiger partial charge in [-0.05, 0) is 18.6 Å². The number of aliphatic carboxylic acids is 1. The number of fused-ring (bicyclic) bond motifs is 1. The number of hydrogen-bond acceptors (Lipinski definition) is 4. The number of aryl methyl sites for hydroxylation is 1. The Morgan fingerprint density at radius 2 is 2.25 bits per heavy atom. The van der Waals surface area contributed by atoms with Gasteiger partial charge in [0, 0.05) is 12.1 Å². The molecule has 20 heavy (non-hydrogen) atoms. The van der Waals surface area contributed by atoms with Gasteiger partial charge in [-0.2, -0.15) is 0 Å². The summed E-state index contributed by atoms with van der Waals surface area (Å²) >= 11 is 0. The maximum absolute atomic E-state index is 13.3. The van der Waals surface area contributed by atoms with Gasteiger partial charge in [0.25, 0.3) is 5.69 Å². The molecule has 0 bridgehead atoms. The summed E-state index contributed by atoms with van der Waals surface area (Å²) in [6.07, 6.45) is -0.0758. The molecular weight excluding hydrogens is 269 g/mol. The molecule has 1 unspecified atom stereocenters. The molecule has 0 spiro atoms. The predicted octanol–water partition coefficient (Wildman–Crippen LogP) is 1.48. The van der Waals surface area contributed by atoms with Gasteiger partial charge in [-0.3, -0.25) is 14.9 Å². The molecule has 7 nitrogen and oxygen atoms in total. The van der Waals surface area contributed by atoms with E-state index in [2.05, 4.69) is 4.98 Å². The molecular formula is C12H12FN3O4. The normalized spacial score (nSPS) is 12.6. The molecule has 0 aliphatic rings. The number of nitrogens with two attached hydrogens (primary N) is 1. The van der Waals surface area contributed by atoms with Crippen LogP contribution < -0.4 is 5.73 Å². The van der Waals surface area contributed by atoms with E-state index in [1.54, 1.807) is 6.92 Å². The lowest BCUT2D eigenvalue weighted by Crippen LogP contribution is -2.32. The first-order valence-corrected chi connectivity index (χ1v) is 5.74. The van der Waals surface area contributed by atoms with Crippen molar-refractivity contribution in [3.63, 3.8) is 0 Å². The van der Waals surface area contributed by atoms with Crippen molar-refractivity contribution in [1.29, 1.82) is 0 Å². The van der Waals surface area contributed by atoms with Crippen molar-refractivity contribution >= 4 is 22.6 Å². The molecule has 1 atom stereocenters. The van der Waals surface area contributed by atoms with Crippen LogP contribution in [0.4, 0.5) is 10.1 Å². The number of halogens is 1. The quantitative estimate of drug-likeness (QED) is 0.578. The van der Waals surface area contributed by atoms with Gasteiger partial charge in [0.15, 0.2) is 0 Å². The van der Waals surface area contributed by atoms with Gasteiger partial charge in [-0.15, -0.1) is 0 Å². The number of nitrogens with one attached hydrogen (secondary N) is 1. The van der Waals surface area contributed by atoms with E-state index in [9.17, 15) is 19.3 Å². The Balaban J connectivity index is 2.68. The third kappa shape index (κ3) is 2.32. The molecule has 0 fully saturated rings. The summed E-state index contributed by atoms with van der Waals surface area (Å²) in [5, 5.41) is 20.1. The van der Waals surface area contributed by atoms with Gasteiger partial charge in [0.2, 0.25) is 0 Å². The van der Waals surface area contributed by atoms with Gasteiger partial charge < -0.3 is 15.8 Å². The van der Waals surface area contributed by atoms with Gasteiger partial charge in [-0.25, -0.2) is 4.39 Å². The zero-order valence-electron chi connectivity index (χ0n) is 10.5. The Labute approximate surface area is 112 Å². The second-order valence-electron chi connectivity index (χ2n) is 4.48. The summed E-state index contributed by atoms with van der Waals surface area (Å²) in [6, 6.07) is 0.758. The van der Waals surface area contributed by atoms with Crippen LogP contribution in [0.15, 0.2) is 12.1 Å². The Kier molecular flexibility index (Phi) is 3.41. The number of non-ortho nitro benzene ring substituents is 1. The largest absolute Gasteiger partial charge is 0.480 e. The van der Waals surface area contributed by atoms with Crippen molar-refractivity contribution in [3.05, 3.63) is 39.3 Å². The maximum Gasteiger partial charge on any atom is 0.320 e. The predicted molar refractivity (Wildman–Crippen MR) is 69.0 cm³/mol. The van der Waals surface area contributed by atoms with Gasteiger partial charge >= 0.3 is 5.97 Å².